The second kappa shape index (κ2) is 5.69. The van der Waals surface area contributed by atoms with Crippen LogP contribution in [0.1, 0.15) is 15.2 Å². The van der Waals surface area contributed by atoms with E-state index < -0.39 is 10.8 Å². The molecule has 0 fully saturated rings. The second-order valence-corrected chi connectivity index (χ2v) is 5.15. The molecule has 1 heterocycles. The predicted octanol–water partition coefficient (Wildman–Crippen LogP) is 3.43. The van der Waals surface area contributed by atoms with Gasteiger partial charge in [0.1, 0.15) is 6.07 Å². The van der Waals surface area contributed by atoms with Crippen molar-refractivity contribution in [1.82, 2.24) is 0 Å². The monoisotopic (exact) mass is 307 g/mol. The molecule has 0 atom stereocenters. The van der Waals surface area contributed by atoms with Crippen molar-refractivity contribution < 1.29 is 9.72 Å². The predicted molar refractivity (Wildman–Crippen MR) is 75.1 cm³/mol. The van der Waals surface area contributed by atoms with Gasteiger partial charge in [0.05, 0.1) is 21.1 Å². The van der Waals surface area contributed by atoms with Crippen LogP contribution < -0.4 is 5.32 Å². The lowest BCUT2D eigenvalue weighted by molar-refractivity contribution is -0.380. The summed E-state index contributed by atoms with van der Waals surface area (Å²) in [6, 6.07) is 8.99. The second-order valence-electron chi connectivity index (χ2n) is 3.65. The number of nitrogens with zero attached hydrogens (tertiary/aromatic N) is 2. The first-order valence-electron chi connectivity index (χ1n) is 5.26. The summed E-state index contributed by atoms with van der Waals surface area (Å²) in [4.78, 5) is 22.1. The van der Waals surface area contributed by atoms with Crippen LogP contribution in [0.25, 0.3) is 0 Å². The minimum Gasteiger partial charge on any atom is -0.320 e. The van der Waals surface area contributed by atoms with Gasteiger partial charge in [-0.25, -0.2) is 0 Å². The van der Waals surface area contributed by atoms with Gasteiger partial charge in [0.2, 0.25) is 0 Å². The van der Waals surface area contributed by atoms with Crippen molar-refractivity contribution in [2.24, 2.45) is 0 Å². The van der Waals surface area contributed by atoms with Crippen molar-refractivity contribution >= 4 is 39.5 Å². The average Bonchev–Trinajstić information content (AvgIpc) is 2.89. The van der Waals surface area contributed by atoms with Crippen LogP contribution in [0.5, 0.6) is 0 Å². The van der Waals surface area contributed by atoms with Gasteiger partial charge < -0.3 is 5.32 Å². The lowest BCUT2D eigenvalue weighted by atomic mass is 10.2. The number of amides is 1. The van der Waals surface area contributed by atoms with E-state index in [2.05, 4.69) is 5.32 Å². The maximum atomic E-state index is 12.0. The third-order valence-corrected chi connectivity index (χ3v) is 3.62. The first-order chi connectivity index (χ1) is 9.51. The molecular weight excluding hydrogens is 302 g/mol. The Kier molecular flexibility index (Phi) is 3.98. The minimum atomic E-state index is -0.568. The summed E-state index contributed by atoms with van der Waals surface area (Å²) in [6.07, 6.45) is 0. The van der Waals surface area contributed by atoms with Gasteiger partial charge in [0, 0.05) is 11.1 Å². The molecule has 0 aliphatic carbocycles. The SMILES string of the molecule is N#Cc1ccc(Cl)cc1NC(=O)c1ccc([N+](=O)[O-])s1. The summed E-state index contributed by atoms with van der Waals surface area (Å²) in [5, 5.41) is 22.3. The molecule has 0 bridgehead atoms. The molecule has 0 spiro atoms. The number of hydrogen-bond donors (Lipinski definition) is 1. The van der Waals surface area contributed by atoms with Crippen molar-refractivity contribution in [2.75, 3.05) is 5.32 Å². The third-order valence-electron chi connectivity index (χ3n) is 2.35. The zero-order valence-corrected chi connectivity index (χ0v) is 11.4. The van der Waals surface area contributed by atoms with Crippen LogP contribution in [-0.2, 0) is 0 Å². The van der Waals surface area contributed by atoms with E-state index in [1.165, 1.54) is 30.3 Å². The van der Waals surface area contributed by atoms with Crippen molar-refractivity contribution in [2.45, 2.75) is 0 Å². The molecule has 0 saturated carbocycles. The zero-order chi connectivity index (χ0) is 14.7. The molecule has 0 aliphatic rings. The van der Waals surface area contributed by atoms with Crippen LogP contribution in [0.15, 0.2) is 30.3 Å². The number of carbonyl (C=O) groups is 1. The van der Waals surface area contributed by atoms with E-state index in [-0.39, 0.29) is 21.1 Å². The van der Waals surface area contributed by atoms with Crippen LogP contribution >= 0.6 is 22.9 Å². The van der Waals surface area contributed by atoms with Crippen molar-refractivity contribution in [3.05, 3.63) is 55.9 Å². The lowest BCUT2D eigenvalue weighted by Gasteiger charge is -2.05. The highest BCUT2D eigenvalue weighted by Crippen LogP contribution is 2.26. The van der Waals surface area contributed by atoms with Crippen LogP contribution in [0, 0.1) is 21.4 Å². The van der Waals surface area contributed by atoms with E-state index in [4.69, 9.17) is 16.9 Å². The highest BCUT2D eigenvalue weighted by molar-refractivity contribution is 7.17. The topological polar surface area (TPSA) is 96.0 Å². The number of nitriles is 1. The Morgan fingerprint density at radius 1 is 1.40 bits per heavy atom. The Morgan fingerprint density at radius 2 is 2.15 bits per heavy atom. The van der Waals surface area contributed by atoms with E-state index >= 15 is 0 Å². The Labute approximate surface area is 122 Å². The molecule has 0 unspecified atom stereocenters. The van der Waals surface area contributed by atoms with E-state index in [0.717, 1.165) is 11.3 Å². The fraction of sp³-hybridized carbons (Fsp3) is 0. The van der Waals surface area contributed by atoms with Crippen LogP contribution in [0.3, 0.4) is 0 Å². The molecule has 1 aromatic carbocycles. The fourth-order valence-corrected chi connectivity index (χ4v) is 2.34. The van der Waals surface area contributed by atoms with E-state index in [1.54, 1.807) is 0 Å². The van der Waals surface area contributed by atoms with Gasteiger partial charge in [-0.1, -0.05) is 22.9 Å². The maximum Gasteiger partial charge on any atom is 0.324 e. The standard InChI is InChI=1S/C12H6ClN3O3S/c13-8-2-1-7(6-14)9(5-8)15-12(17)10-3-4-11(20-10)16(18)19/h1-5H,(H,15,17). The molecule has 20 heavy (non-hydrogen) atoms. The molecule has 1 N–H and O–H groups in total. The van der Waals surface area contributed by atoms with Crippen LogP contribution in [-0.4, -0.2) is 10.8 Å². The number of carbonyl (C=O) groups excluding carboxylic acids is 1. The van der Waals surface area contributed by atoms with Gasteiger partial charge in [0.25, 0.3) is 5.91 Å². The largest absolute Gasteiger partial charge is 0.324 e. The highest BCUT2D eigenvalue weighted by atomic mass is 35.5. The number of hydrogen-bond acceptors (Lipinski definition) is 5. The molecule has 8 heteroatoms. The number of benzene rings is 1. The first kappa shape index (κ1) is 14.0. The molecule has 0 radical (unpaired) electrons. The number of nitrogens with one attached hydrogen (secondary N) is 1. The van der Waals surface area contributed by atoms with Crippen LogP contribution in [0.2, 0.25) is 5.02 Å². The minimum absolute atomic E-state index is 0.123. The van der Waals surface area contributed by atoms with Gasteiger partial charge in [-0.3, -0.25) is 14.9 Å². The molecule has 1 amide bonds. The van der Waals surface area contributed by atoms with E-state index in [0.29, 0.717) is 5.02 Å². The molecule has 100 valence electrons. The molecule has 2 rings (SSSR count). The number of nitro groups is 1. The van der Waals surface area contributed by atoms with Crippen molar-refractivity contribution in [3.63, 3.8) is 0 Å². The summed E-state index contributed by atoms with van der Waals surface area (Å²) >= 11 is 6.56. The highest BCUT2D eigenvalue weighted by Gasteiger charge is 2.16. The zero-order valence-electron chi connectivity index (χ0n) is 9.79. The Hall–Kier alpha value is -2.43. The quantitative estimate of drug-likeness (QED) is 0.694. The molecule has 1 aromatic heterocycles. The van der Waals surface area contributed by atoms with Gasteiger partial charge >= 0.3 is 5.00 Å². The summed E-state index contributed by atoms with van der Waals surface area (Å²) in [5.41, 5.74) is 0.523. The summed E-state index contributed by atoms with van der Waals surface area (Å²) in [5.74, 6) is -0.526. The van der Waals surface area contributed by atoms with Gasteiger partial charge in [0.15, 0.2) is 0 Å². The Morgan fingerprint density at radius 3 is 2.75 bits per heavy atom. The van der Waals surface area contributed by atoms with Gasteiger partial charge in [-0.15, -0.1) is 0 Å². The number of thiophene rings is 1. The lowest BCUT2D eigenvalue weighted by Crippen LogP contribution is -2.11. The summed E-state index contributed by atoms with van der Waals surface area (Å²) in [6.45, 7) is 0. The van der Waals surface area contributed by atoms with Crippen LogP contribution in [0.4, 0.5) is 10.7 Å². The number of rotatable bonds is 3. The molecule has 0 saturated heterocycles. The number of anilines is 1. The average molecular weight is 308 g/mol. The maximum absolute atomic E-state index is 12.0. The van der Waals surface area contributed by atoms with E-state index in [9.17, 15) is 14.9 Å². The Balaban J connectivity index is 2.25. The molecule has 2 aromatic rings. The first-order valence-corrected chi connectivity index (χ1v) is 6.46. The van der Waals surface area contributed by atoms with E-state index in [1.807, 2.05) is 6.07 Å². The summed E-state index contributed by atoms with van der Waals surface area (Å²) in [7, 11) is 0. The van der Waals surface area contributed by atoms with Crippen molar-refractivity contribution in [1.29, 1.82) is 5.26 Å². The molecule has 6 nitrogen and oxygen atoms in total. The molecule has 0 aliphatic heterocycles. The van der Waals surface area contributed by atoms with Gasteiger partial charge in [-0.05, 0) is 24.3 Å². The normalized spacial score (nSPS) is 9.80. The smallest absolute Gasteiger partial charge is 0.320 e. The fourth-order valence-electron chi connectivity index (χ4n) is 1.45. The molecular formula is C12H6ClN3O3S. The Bertz CT molecular complexity index is 736. The summed E-state index contributed by atoms with van der Waals surface area (Å²) < 4.78 is 0. The third kappa shape index (κ3) is 2.93. The van der Waals surface area contributed by atoms with Crippen molar-refractivity contribution in [3.8, 4) is 6.07 Å². The number of halogens is 1. The van der Waals surface area contributed by atoms with Gasteiger partial charge in [-0.2, -0.15) is 5.26 Å².